The van der Waals surface area contributed by atoms with E-state index < -0.39 is 0 Å². The number of benzene rings is 1. The summed E-state index contributed by atoms with van der Waals surface area (Å²) in [6.45, 7) is 10.8. The third-order valence-corrected chi connectivity index (χ3v) is 5.67. The van der Waals surface area contributed by atoms with Crippen molar-refractivity contribution in [3.63, 3.8) is 0 Å². The zero-order chi connectivity index (χ0) is 17.9. The van der Waals surface area contributed by atoms with Crippen LogP contribution in [0.3, 0.4) is 0 Å². The molecule has 4 heteroatoms. The number of piperidine rings is 1. The minimum absolute atomic E-state index is 0.247. The molecule has 0 spiro atoms. The number of hydrogen-bond acceptors (Lipinski definition) is 3. The fourth-order valence-corrected chi connectivity index (χ4v) is 3.96. The number of nitrogens with one attached hydrogen (secondary N) is 1. The summed E-state index contributed by atoms with van der Waals surface area (Å²) in [6.07, 6.45) is 2.43. The van der Waals surface area contributed by atoms with Crippen LogP contribution in [0.5, 0.6) is 0 Å². The number of likely N-dealkylation sites (tertiary alicyclic amines) is 1. The fourth-order valence-electron chi connectivity index (χ4n) is 3.96. The molecule has 1 saturated heterocycles. The van der Waals surface area contributed by atoms with Crippen LogP contribution in [0.4, 0.5) is 0 Å². The summed E-state index contributed by atoms with van der Waals surface area (Å²) < 4.78 is 2.12. The van der Waals surface area contributed by atoms with Crippen LogP contribution in [-0.2, 0) is 12.0 Å². The van der Waals surface area contributed by atoms with Crippen LogP contribution in [0.2, 0.25) is 0 Å². The lowest BCUT2D eigenvalue weighted by Gasteiger charge is -2.42. The first kappa shape index (κ1) is 18.2. The molecule has 0 amide bonds. The second-order valence-electron chi connectivity index (χ2n) is 7.84. The molecular weight excluding hydrogens is 308 g/mol. The Hall–Kier alpha value is -1.65. The van der Waals surface area contributed by atoms with E-state index in [-0.39, 0.29) is 5.41 Å². The van der Waals surface area contributed by atoms with E-state index in [4.69, 9.17) is 0 Å². The molecule has 1 fully saturated rings. The molecule has 0 saturated carbocycles. The molecule has 1 atom stereocenters. The quantitative estimate of drug-likeness (QED) is 0.877. The smallest absolute Gasteiger partial charge is 0.0596 e. The van der Waals surface area contributed by atoms with E-state index in [1.165, 1.54) is 37.2 Å². The van der Waals surface area contributed by atoms with Gasteiger partial charge in [-0.25, -0.2) is 0 Å². The maximum atomic E-state index is 4.60. The van der Waals surface area contributed by atoms with E-state index >= 15 is 0 Å². The van der Waals surface area contributed by atoms with Crippen LogP contribution >= 0.6 is 0 Å². The van der Waals surface area contributed by atoms with Crippen molar-refractivity contribution in [1.29, 1.82) is 0 Å². The van der Waals surface area contributed by atoms with Crippen LogP contribution in [0, 0.1) is 13.8 Å². The van der Waals surface area contributed by atoms with Gasteiger partial charge in [0, 0.05) is 23.7 Å². The predicted octanol–water partition coefficient (Wildman–Crippen LogP) is 3.14. The highest BCUT2D eigenvalue weighted by Gasteiger charge is 2.35. The largest absolute Gasteiger partial charge is 0.312 e. The van der Waals surface area contributed by atoms with Gasteiger partial charge in [0.05, 0.1) is 12.2 Å². The van der Waals surface area contributed by atoms with E-state index in [0.29, 0.717) is 6.04 Å². The highest BCUT2D eigenvalue weighted by Crippen LogP contribution is 2.34. The average molecular weight is 341 g/mol. The highest BCUT2D eigenvalue weighted by atomic mass is 15.3. The molecule has 1 unspecified atom stereocenters. The van der Waals surface area contributed by atoms with E-state index in [2.05, 4.69) is 84.2 Å². The molecule has 0 aliphatic carbocycles. The number of rotatable bonds is 6. The molecule has 2 aromatic rings. The lowest BCUT2D eigenvalue weighted by molar-refractivity contribution is 0.179. The molecule has 3 rings (SSSR count). The fraction of sp³-hybridized carbons (Fsp3) is 0.571. The van der Waals surface area contributed by atoms with Gasteiger partial charge in [0.1, 0.15) is 0 Å². The summed E-state index contributed by atoms with van der Waals surface area (Å²) >= 11 is 0. The zero-order valence-electron chi connectivity index (χ0n) is 16.1. The van der Waals surface area contributed by atoms with Gasteiger partial charge in [-0.2, -0.15) is 5.10 Å². The molecule has 1 aliphatic rings. The van der Waals surface area contributed by atoms with Crippen molar-refractivity contribution in [2.24, 2.45) is 0 Å². The number of aromatic nitrogens is 2. The van der Waals surface area contributed by atoms with E-state index in [1.807, 2.05) is 0 Å². The van der Waals surface area contributed by atoms with Gasteiger partial charge >= 0.3 is 0 Å². The van der Waals surface area contributed by atoms with Crippen molar-refractivity contribution >= 4 is 0 Å². The highest BCUT2D eigenvalue weighted by molar-refractivity contribution is 5.27. The minimum Gasteiger partial charge on any atom is -0.312 e. The van der Waals surface area contributed by atoms with Crippen molar-refractivity contribution in [3.05, 3.63) is 53.3 Å². The van der Waals surface area contributed by atoms with Crippen LogP contribution in [0.25, 0.3) is 0 Å². The predicted molar refractivity (Wildman–Crippen MR) is 104 cm³/mol. The van der Waals surface area contributed by atoms with Gasteiger partial charge in [0.2, 0.25) is 0 Å². The Balaban J connectivity index is 1.67. The van der Waals surface area contributed by atoms with E-state index in [0.717, 1.165) is 18.8 Å². The summed E-state index contributed by atoms with van der Waals surface area (Å²) in [6, 6.07) is 13.6. The molecule has 1 aromatic carbocycles. The Labute approximate surface area is 152 Å². The number of hydrogen-bond donors (Lipinski definition) is 1. The SMILES string of the molecule is Cc1cc(C)n(CC(C)NCC2(c3ccccc3)CCN(C)CC2)n1. The molecule has 0 bridgehead atoms. The van der Waals surface area contributed by atoms with Gasteiger partial charge in [0.25, 0.3) is 0 Å². The number of aryl methyl sites for hydroxylation is 2. The Morgan fingerprint density at radius 1 is 1.16 bits per heavy atom. The second-order valence-corrected chi connectivity index (χ2v) is 7.84. The third-order valence-electron chi connectivity index (χ3n) is 5.67. The van der Waals surface area contributed by atoms with Gasteiger partial charge in [-0.1, -0.05) is 30.3 Å². The monoisotopic (exact) mass is 340 g/mol. The molecule has 4 nitrogen and oxygen atoms in total. The van der Waals surface area contributed by atoms with Gasteiger partial charge < -0.3 is 10.2 Å². The zero-order valence-corrected chi connectivity index (χ0v) is 16.1. The standard InChI is InChI=1S/C21H32N4/c1-17-14-19(3)25(23-17)15-18(2)22-16-21(10-12-24(4)13-11-21)20-8-6-5-7-9-20/h5-9,14,18,22H,10-13,15-16H2,1-4H3. The topological polar surface area (TPSA) is 33.1 Å². The van der Waals surface area contributed by atoms with Crippen molar-refractivity contribution < 1.29 is 0 Å². The van der Waals surface area contributed by atoms with E-state index in [1.54, 1.807) is 0 Å². The molecule has 2 heterocycles. The van der Waals surface area contributed by atoms with Crippen molar-refractivity contribution in [2.75, 3.05) is 26.7 Å². The first-order valence-corrected chi connectivity index (χ1v) is 9.47. The lowest BCUT2D eigenvalue weighted by atomic mass is 9.72. The Morgan fingerprint density at radius 3 is 2.44 bits per heavy atom. The summed E-state index contributed by atoms with van der Waals surface area (Å²) in [5, 5.41) is 8.41. The summed E-state index contributed by atoms with van der Waals surface area (Å²) in [4.78, 5) is 2.44. The summed E-state index contributed by atoms with van der Waals surface area (Å²) in [5.41, 5.74) is 4.06. The summed E-state index contributed by atoms with van der Waals surface area (Å²) in [5.74, 6) is 0. The van der Waals surface area contributed by atoms with Gasteiger partial charge in [-0.15, -0.1) is 0 Å². The van der Waals surface area contributed by atoms with Crippen molar-refractivity contribution in [2.45, 2.75) is 51.6 Å². The molecule has 1 aliphatic heterocycles. The van der Waals surface area contributed by atoms with Crippen molar-refractivity contribution in [1.82, 2.24) is 20.0 Å². The van der Waals surface area contributed by atoms with Crippen LogP contribution in [-0.4, -0.2) is 47.4 Å². The van der Waals surface area contributed by atoms with Crippen LogP contribution in [0.1, 0.15) is 36.7 Å². The Bertz CT molecular complexity index is 668. The maximum Gasteiger partial charge on any atom is 0.0596 e. The first-order valence-electron chi connectivity index (χ1n) is 9.47. The first-order chi connectivity index (χ1) is 12.0. The molecular formula is C21H32N4. The van der Waals surface area contributed by atoms with Crippen LogP contribution < -0.4 is 5.32 Å². The normalized spacial score (nSPS) is 19.0. The molecule has 25 heavy (non-hydrogen) atoms. The van der Waals surface area contributed by atoms with Gasteiger partial charge in [0.15, 0.2) is 0 Å². The Kier molecular flexibility index (Phi) is 5.60. The maximum absolute atomic E-state index is 4.60. The third kappa shape index (κ3) is 4.31. The minimum atomic E-state index is 0.247. The van der Waals surface area contributed by atoms with E-state index in [9.17, 15) is 0 Å². The number of nitrogens with zero attached hydrogens (tertiary/aromatic N) is 3. The van der Waals surface area contributed by atoms with Gasteiger partial charge in [-0.05, 0) is 65.4 Å². The van der Waals surface area contributed by atoms with Crippen molar-refractivity contribution in [3.8, 4) is 0 Å². The molecule has 1 N–H and O–H groups in total. The molecule has 0 radical (unpaired) electrons. The molecule has 1 aromatic heterocycles. The average Bonchev–Trinajstić information content (AvgIpc) is 2.93. The lowest BCUT2D eigenvalue weighted by Crippen LogP contribution is -2.49. The summed E-state index contributed by atoms with van der Waals surface area (Å²) in [7, 11) is 2.23. The second kappa shape index (κ2) is 7.71. The Morgan fingerprint density at radius 2 is 1.84 bits per heavy atom. The van der Waals surface area contributed by atoms with Crippen LogP contribution in [0.15, 0.2) is 36.4 Å². The van der Waals surface area contributed by atoms with Gasteiger partial charge in [-0.3, -0.25) is 4.68 Å². The molecule has 136 valence electrons.